The number of halogens is 3. The van der Waals surface area contributed by atoms with Crippen LogP contribution < -0.4 is 5.73 Å². The summed E-state index contributed by atoms with van der Waals surface area (Å²) in [6, 6.07) is 5.89. The van der Waals surface area contributed by atoms with Gasteiger partial charge in [-0.25, -0.2) is 9.37 Å². The molecule has 2 heterocycles. The van der Waals surface area contributed by atoms with E-state index in [1.807, 2.05) is 4.90 Å². The number of amides is 1. The van der Waals surface area contributed by atoms with Crippen LogP contribution in [-0.2, 0) is 11.2 Å². The summed E-state index contributed by atoms with van der Waals surface area (Å²) in [6.07, 6.45) is 2.65. The summed E-state index contributed by atoms with van der Waals surface area (Å²) in [6.45, 7) is 2.09. The van der Waals surface area contributed by atoms with E-state index >= 15 is 0 Å². The van der Waals surface area contributed by atoms with E-state index in [2.05, 4.69) is 4.98 Å². The summed E-state index contributed by atoms with van der Waals surface area (Å²) in [5, 5.41) is 0. The number of hydrogen-bond donors (Lipinski definition) is 1. The van der Waals surface area contributed by atoms with E-state index in [9.17, 15) is 9.18 Å². The topological polar surface area (TPSA) is 72.4 Å². The molecule has 0 bridgehead atoms. The number of rotatable bonds is 4. The highest BCUT2D eigenvalue weighted by molar-refractivity contribution is 5.85. The van der Waals surface area contributed by atoms with Gasteiger partial charge in [0.05, 0.1) is 12.1 Å². The van der Waals surface area contributed by atoms with Crippen LogP contribution in [0.15, 0.2) is 34.9 Å². The van der Waals surface area contributed by atoms with E-state index in [0.29, 0.717) is 29.6 Å². The Labute approximate surface area is 152 Å². The maximum atomic E-state index is 12.9. The first-order valence-corrected chi connectivity index (χ1v) is 7.34. The highest BCUT2D eigenvalue weighted by atomic mass is 35.5. The molecule has 5 nitrogen and oxygen atoms in total. The molecule has 2 aromatic rings. The summed E-state index contributed by atoms with van der Waals surface area (Å²) < 4.78 is 18.3. The standard InChI is InChI=1S/C16H18FN3O2.2ClH/c17-13-3-1-12(2-4-13)16-19-14(10-22-16)7-15(21)20-6-5-11(8-18)9-20;;/h1-4,10-11H,5-9,18H2;2*1H. The number of carbonyl (C=O) groups excluding carboxylic acids is 1. The van der Waals surface area contributed by atoms with E-state index in [-0.39, 0.29) is 43.0 Å². The van der Waals surface area contributed by atoms with Crippen molar-refractivity contribution in [3.8, 4) is 11.5 Å². The number of aromatic nitrogens is 1. The van der Waals surface area contributed by atoms with Crippen LogP contribution in [0.2, 0.25) is 0 Å². The van der Waals surface area contributed by atoms with Crippen LogP contribution in [0.5, 0.6) is 0 Å². The third-order valence-corrected chi connectivity index (χ3v) is 3.95. The zero-order chi connectivity index (χ0) is 15.5. The Morgan fingerprint density at radius 2 is 2.04 bits per heavy atom. The zero-order valence-electron chi connectivity index (χ0n) is 13.0. The number of benzene rings is 1. The van der Waals surface area contributed by atoms with Crippen LogP contribution in [0.1, 0.15) is 12.1 Å². The molecule has 1 saturated heterocycles. The van der Waals surface area contributed by atoms with Gasteiger partial charge in [0.15, 0.2) is 0 Å². The summed E-state index contributed by atoms with van der Waals surface area (Å²) in [5.41, 5.74) is 6.90. The first-order valence-electron chi connectivity index (χ1n) is 7.34. The molecular formula is C16H20Cl2FN3O2. The molecule has 1 atom stereocenters. The minimum Gasteiger partial charge on any atom is -0.444 e. The highest BCUT2D eigenvalue weighted by Crippen LogP contribution is 2.20. The second-order valence-electron chi connectivity index (χ2n) is 5.56. The molecule has 1 aliphatic rings. The number of nitrogens with two attached hydrogens (primary N) is 1. The molecule has 0 spiro atoms. The molecule has 1 unspecified atom stereocenters. The molecule has 1 aromatic heterocycles. The Hall–Kier alpha value is -1.63. The SMILES string of the molecule is Cl.Cl.NCC1CCN(C(=O)Cc2coc(-c3ccc(F)cc3)n2)C1. The zero-order valence-corrected chi connectivity index (χ0v) is 14.6. The summed E-state index contributed by atoms with van der Waals surface area (Å²) in [7, 11) is 0. The average molecular weight is 376 g/mol. The molecular weight excluding hydrogens is 356 g/mol. The number of likely N-dealkylation sites (tertiary alicyclic amines) is 1. The molecule has 0 radical (unpaired) electrons. The fraction of sp³-hybridized carbons (Fsp3) is 0.375. The van der Waals surface area contributed by atoms with Crippen LogP contribution in [0.3, 0.4) is 0 Å². The second-order valence-corrected chi connectivity index (χ2v) is 5.56. The number of carbonyl (C=O) groups is 1. The Morgan fingerprint density at radius 3 is 2.67 bits per heavy atom. The fourth-order valence-corrected chi connectivity index (χ4v) is 2.63. The third kappa shape index (κ3) is 4.69. The van der Waals surface area contributed by atoms with Crippen LogP contribution in [0.25, 0.3) is 11.5 Å². The van der Waals surface area contributed by atoms with Crippen LogP contribution in [0, 0.1) is 11.7 Å². The lowest BCUT2D eigenvalue weighted by Gasteiger charge is -2.15. The lowest BCUT2D eigenvalue weighted by Crippen LogP contribution is -2.31. The number of hydrogen-bond acceptors (Lipinski definition) is 4. The maximum absolute atomic E-state index is 12.9. The molecule has 0 aliphatic carbocycles. The van der Waals surface area contributed by atoms with Gasteiger partial charge in [-0.3, -0.25) is 4.79 Å². The van der Waals surface area contributed by atoms with Gasteiger partial charge in [-0.1, -0.05) is 0 Å². The number of nitrogens with zero attached hydrogens (tertiary/aromatic N) is 2. The number of oxazole rings is 1. The van der Waals surface area contributed by atoms with Crippen LogP contribution in [-0.4, -0.2) is 35.4 Å². The highest BCUT2D eigenvalue weighted by Gasteiger charge is 2.25. The van der Waals surface area contributed by atoms with Crippen molar-refractivity contribution in [1.29, 1.82) is 0 Å². The van der Waals surface area contributed by atoms with Gasteiger partial charge in [0, 0.05) is 18.7 Å². The molecule has 1 aliphatic heterocycles. The molecule has 132 valence electrons. The van der Waals surface area contributed by atoms with E-state index < -0.39 is 0 Å². The minimum atomic E-state index is -0.311. The molecule has 1 amide bonds. The normalized spacial score (nSPS) is 16.4. The summed E-state index contributed by atoms with van der Waals surface area (Å²) in [4.78, 5) is 18.3. The van der Waals surface area contributed by atoms with E-state index in [0.717, 1.165) is 19.5 Å². The lowest BCUT2D eigenvalue weighted by molar-refractivity contribution is -0.129. The lowest BCUT2D eigenvalue weighted by atomic mass is 10.1. The van der Waals surface area contributed by atoms with Gasteiger partial charge in [0.1, 0.15) is 12.1 Å². The van der Waals surface area contributed by atoms with Gasteiger partial charge >= 0.3 is 0 Å². The molecule has 2 N–H and O–H groups in total. The summed E-state index contributed by atoms with van der Waals surface area (Å²) >= 11 is 0. The van der Waals surface area contributed by atoms with Crippen molar-refractivity contribution in [1.82, 2.24) is 9.88 Å². The van der Waals surface area contributed by atoms with Crippen LogP contribution >= 0.6 is 24.8 Å². The van der Waals surface area contributed by atoms with E-state index in [4.69, 9.17) is 10.2 Å². The molecule has 1 fully saturated rings. The Balaban J connectivity index is 0.00000144. The van der Waals surface area contributed by atoms with Crippen molar-refractivity contribution in [2.45, 2.75) is 12.8 Å². The first kappa shape index (κ1) is 20.4. The van der Waals surface area contributed by atoms with Crippen molar-refractivity contribution < 1.29 is 13.6 Å². The van der Waals surface area contributed by atoms with Gasteiger partial charge in [0.2, 0.25) is 11.8 Å². The van der Waals surface area contributed by atoms with Crippen molar-refractivity contribution in [2.75, 3.05) is 19.6 Å². The van der Waals surface area contributed by atoms with Gasteiger partial charge in [-0.15, -0.1) is 24.8 Å². The minimum absolute atomic E-state index is 0. The maximum Gasteiger partial charge on any atom is 0.228 e. The average Bonchev–Trinajstić information content (AvgIpc) is 3.17. The fourth-order valence-electron chi connectivity index (χ4n) is 2.63. The predicted molar refractivity (Wildman–Crippen MR) is 93.8 cm³/mol. The molecule has 1 aromatic carbocycles. The quantitative estimate of drug-likeness (QED) is 0.891. The van der Waals surface area contributed by atoms with Gasteiger partial charge < -0.3 is 15.1 Å². The summed E-state index contributed by atoms with van der Waals surface area (Å²) in [5.74, 6) is 0.518. The smallest absolute Gasteiger partial charge is 0.228 e. The van der Waals surface area contributed by atoms with Gasteiger partial charge in [0.25, 0.3) is 0 Å². The van der Waals surface area contributed by atoms with Gasteiger partial charge in [-0.05, 0) is 43.1 Å². The van der Waals surface area contributed by atoms with Crippen LogP contribution in [0.4, 0.5) is 4.39 Å². The predicted octanol–water partition coefficient (Wildman–Crippen LogP) is 2.67. The third-order valence-electron chi connectivity index (χ3n) is 3.95. The largest absolute Gasteiger partial charge is 0.444 e. The van der Waals surface area contributed by atoms with E-state index in [1.165, 1.54) is 18.4 Å². The monoisotopic (exact) mass is 375 g/mol. The molecule has 0 saturated carbocycles. The Bertz CT molecular complexity index is 664. The van der Waals surface area contributed by atoms with Crippen molar-refractivity contribution in [3.05, 3.63) is 42.0 Å². The molecule has 3 rings (SSSR count). The van der Waals surface area contributed by atoms with Gasteiger partial charge in [-0.2, -0.15) is 0 Å². The van der Waals surface area contributed by atoms with Crippen molar-refractivity contribution >= 4 is 30.7 Å². The Kier molecular flexibility index (Phi) is 7.66. The molecule has 24 heavy (non-hydrogen) atoms. The Morgan fingerprint density at radius 1 is 1.33 bits per heavy atom. The first-order chi connectivity index (χ1) is 10.7. The van der Waals surface area contributed by atoms with Crippen molar-refractivity contribution in [3.63, 3.8) is 0 Å². The molecule has 8 heteroatoms. The van der Waals surface area contributed by atoms with E-state index in [1.54, 1.807) is 12.1 Å². The second kappa shape index (κ2) is 9.01. The van der Waals surface area contributed by atoms with Crippen molar-refractivity contribution in [2.24, 2.45) is 11.7 Å².